The second kappa shape index (κ2) is 10.4. The van der Waals surface area contributed by atoms with Gasteiger partial charge in [-0.05, 0) is 47.9 Å². The lowest BCUT2D eigenvalue weighted by atomic mass is 10.0. The van der Waals surface area contributed by atoms with Gasteiger partial charge in [-0.15, -0.1) is 0 Å². The normalized spacial score (nSPS) is 11.2. The molecular weight excluding hydrogens is 440 g/mol. The van der Waals surface area contributed by atoms with Crippen molar-refractivity contribution < 1.29 is 22.7 Å². The molecule has 0 atom stereocenters. The molecule has 0 aliphatic heterocycles. The first-order valence-corrected chi connectivity index (χ1v) is 11.9. The van der Waals surface area contributed by atoms with Crippen molar-refractivity contribution in [3.8, 4) is 11.5 Å². The van der Waals surface area contributed by atoms with E-state index in [-0.39, 0.29) is 28.2 Å². The molecule has 0 unspecified atom stereocenters. The van der Waals surface area contributed by atoms with Gasteiger partial charge in [0.25, 0.3) is 0 Å². The smallest absolute Gasteiger partial charge is 0.243 e. The number of amides is 1. The molecule has 3 rings (SSSR count). The van der Waals surface area contributed by atoms with Crippen LogP contribution in [0.25, 0.3) is 0 Å². The lowest BCUT2D eigenvalue weighted by molar-refractivity contribution is -0.114. The first-order chi connectivity index (χ1) is 15.8. The van der Waals surface area contributed by atoms with E-state index in [9.17, 15) is 13.2 Å². The van der Waals surface area contributed by atoms with Crippen molar-refractivity contribution in [2.75, 3.05) is 31.4 Å². The minimum atomic E-state index is -3.77. The van der Waals surface area contributed by atoms with E-state index < -0.39 is 9.84 Å². The van der Waals surface area contributed by atoms with Crippen LogP contribution in [0.2, 0.25) is 0 Å². The Kier molecular flexibility index (Phi) is 7.60. The summed E-state index contributed by atoms with van der Waals surface area (Å²) in [5, 5.41) is 5.75. The molecule has 174 valence electrons. The standard InChI is InChI=1S/C25H28N2O5S/c1-17(2)18-10-12-21(24(14-18)33(29,30)20-8-6-5-7-9-20)26-16-25(28)27-19-11-13-22(31-3)23(15-19)32-4/h5-15,17,26H,16H2,1-4H3,(H,27,28). The number of sulfone groups is 1. The fraction of sp³-hybridized carbons (Fsp3) is 0.240. The maximum atomic E-state index is 13.3. The van der Waals surface area contributed by atoms with Crippen molar-refractivity contribution in [3.05, 3.63) is 72.3 Å². The zero-order valence-electron chi connectivity index (χ0n) is 19.1. The lowest BCUT2D eigenvalue weighted by Gasteiger charge is -2.16. The van der Waals surface area contributed by atoms with E-state index in [1.807, 2.05) is 19.9 Å². The van der Waals surface area contributed by atoms with Crippen molar-refractivity contribution in [1.82, 2.24) is 0 Å². The molecule has 1 amide bonds. The molecule has 0 aliphatic carbocycles. The second-order valence-electron chi connectivity index (χ2n) is 7.70. The molecule has 33 heavy (non-hydrogen) atoms. The van der Waals surface area contributed by atoms with Crippen LogP contribution in [0.4, 0.5) is 11.4 Å². The van der Waals surface area contributed by atoms with Crippen LogP contribution in [0.15, 0.2) is 76.5 Å². The Morgan fingerprint density at radius 3 is 2.24 bits per heavy atom. The predicted molar refractivity (Wildman–Crippen MR) is 129 cm³/mol. The number of hydrogen-bond donors (Lipinski definition) is 2. The molecule has 0 saturated heterocycles. The lowest BCUT2D eigenvalue weighted by Crippen LogP contribution is -2.22. The van der Waals surface area contributed by atoms with Gasteiger partial charge in [-0.3, -0.25) is 4.79 Å². The van der Waals surface area contributed by atoms with Crippen LogP contribution in [-0.2, 0) is 14.6 Å². The van der Waals surface area contributed by atoms with Crippen molar-refractivity contribution in [3.63, 3.8) is 0 Å². The Morgan fingerprint density at radius 1 is 0.909 bits per heavy atom. The summed E-state index contributed by atoms with van der Waals surface area (Å²) in [7, 11) is -0.726. The number of carbonyl (C=O) groups excluding carboxylic acids is 1. The van der Waals surface area contributed by atoms with E-state index in [2.05, 4.69) is 10.6 Å². The maximum Gasteiger partial charge on any atom is 0.243 e. The third-order valence-corrected chi connectivity index (χ3v) is 6.93. The second-order valence-corrected chi connectivity index (χ2v) is 9.62. The van der Waals surface area contributed by atoms with Crippen LogP contribution in [0, 0.1) is 0 Å². The molecule has 3 aromatic carbocycles. The van der Waals surface area contributed by atoms with Gasteiger partial charge in [0.15, 0.2) is 11.5 Å². The Balaban J connectivity index is 1.83. The van der Waals surface area contributed by atoms with Crippen LogP contribution in [0.5, 0.6) is 11.5 Å². The molecule has 0 spiro atoms. The van der Waals surface area contributed by atoms with Gasteiger partial charge in [0.1, 0.15) is 0 Å². The molecule has 0 aliphatic rings. The summed E-state index contributed by atoms with van der Waals surface area (Å²) in [6.45, 7) is 3.88. The minimum Gasteiger partial charge on any atom is -0.493 e. The maximum absolute atomic E-state index is 13.3. The monoisotopic (exact) mass is 468 g/mol. The van der Waals surface area contributed by atoms with Gasteiger partial charge in [-0.1, -0.05) is 38.1 Å². The fourth-order valence-corrected chi connectivity index (χ4v) is 4.78. The van der Waals surface area contributed by atoms with Gasteiger partial charge in [0.2, 0.25) is 15.7 Å². The molecule has 8 heteroatoms. The minimum absolute atomic E-state index is 0.118. The number of anilines is 2. The van der Waals surface area contributed by atoms with Gasteiger partial charge in [-0.25, -0.2) is 8.42 Å². The third kappa shape index (κ3) is 5.64. The number of nitrogens with one attached hydrogen (secondary N) is 2. The highest BCUT2D eigenvalue weighted by Crippen LogP contribution is 2.32. The molecule has 0 bridgehead atoms. The summed E-state index contributed by atoms with van der Waals surface area (Å²) >= 11 is 0. The van der Waals surface area contributed by atoms with E-state index in [4.69, 9.17) is 9.47 Å². The Hall–Kier alpha value is -3.52. The van der Waals surface area contributed by atoms with Crippen molar-refractivity contribution in [2.45, 2.75) is 29.6 Å². The summed E-state index contributed by atoms with van der Waals surface area (Å²) in [5.74, 6) is 0.855. The third-order valence-electron chi connectivity index (χ3n) is 5.12. The molecular formula is C25H28N2O5S. The van der Waals surface area contributed by atoms with Gasteiger partial charge >= 0.3 is 0 Å². The van der Waals surface area contributed by atoms with E-state index in [1.54, 1.807) is 60.7 Å². The summed E-state index contributed by atoms with van der Waals surface area (Å²) in [6.07, 6.45) is 0. The summed E-state index contributed by atoms with van der Waals surface area (Å²) in [6, 6.07) is 18.5. The molecule has 7 nitrogen and oxygen atoms in total. The van der Waals surface area contributed by atoms with Crippen LogP contribution >= 0.6 is 0 Å². The SMILES string of the molecule is COc1ccc(NC(=O)CNc2ccc(C(C)C)cc2S(=O)(=O)c2ccccc2)cc1OC. The molecule has 0 saturated carbocycles. The first kappa shape index (κ1) is 24.1. The van der Waals surface area contributed by atoms with Gasteiger partial charge < -0.3 is 20.1 Å². The number of hydrogen-bond acceptors (Lipinski definition) is 6. The Morgan fingerprint density at radius 2 is 1.61 bits per heavy atom. The van der Waals surface area contributed by atoms with E-state index in [0.29, 0.717) is 22.9 Å². The van der Waals surface area contributed by atoms with Crippen LogP contribution in [0.3, 0.4) is 0 Å². The first-order valence-electron chi connectivity index (χ1n) is 10.5. The zero-order chi connectivity index (χ0) is 24.0. The van der Waals surface area contributed by atoms with E-state index in [1.165, 1.54) is 14.2 Å². The van der Waals surface area contributed by atoms with Crippen molar-refractivity contribution in [1.29, 1.82) is 0 Å². The quantitative estimate of drug-likeness (QED) is 0.472. The molecule has 3 aromatic rings. The molecule has 0 aromatic heterocycles. The average molecular weight is 469 g/mol. The van der Waals surface area contributed by atoms with Gasteiger partial charge in [0, 0.05) is 11.8 Å². The summed E-state index contributed by atoms with van der Waals surface area (Å²) in [5.41, 5.74) is 1.79. The number of ether oxygens (including phenoxy) is 2. The van der Waals surface area contributed by atoms with E-state index in [0.717, 1.165) is 5.56 Å². The molecule has 0 heterocycles. The number of carbonyl (C=O) groups is 1. The Labute approximate surface area is 194 Å². The fourth-order valence-electron chi connectivity index (χ4n) is 3.29. The number of methoxy groups -OCH3 is 2. The largest absolute Gasteiger partial charge is 0.493 e. The highest BCUT2D eigenvalue weighted by molar-refractivity contribution is 7.91. The van der Waals surface area contributed by atoms with E-state index >= 15 is 0 Å². The summed E-state index contributed by atoms with van der Waals surface area (Å²) < 4.78 is 37.1. The topological polar surface area (TPSA) is 93.7 Å². The van der Waals surface area contributed by atoms with Crippen LogP contribution < -0.4 is 20.1 Å². The van der Waals surface area contributed by atoms with Crippen LogP contribution in [-0.4, -0.2) is 35.1 Å². The molecule has 2 N–H and O–H groups in total. The average Bonchev–Trinajstić information content (AvgIpc) is 2.83. The predicted octanol–water partition coefficient (Wildman–Crippen LogP) is 4.71. The molecule has 0 fully saturated rings. The van der Waals surface area contributed by atoms with Gasteiger partial charge in [0.05, 0.1) is 36.2 Å². The van der Waals surface area contributed by atoms with Crippen LogP contribution in [0.1, 0.15) is 25.3 Å². The highest BCUT2D eigenvalue weighted by Gasteiger charge is 2.22. The summed E-state index contributed by atoms with van der Waals surface area (Å²) in [4.78, 5) is 12.9. The molecule has 0 radical (unpaired) electrons. The van der Waals surface area contributed by atoms with Gasteiger partial charge in [-0.2, -0.15) is 0 Å². The highest BCUT2D eigenvalue weighted by atomic mass is 32.2. The number of rotatable bonds is 9. The number of benzene rings is 3. The van der Waals surface area contributed by atoms with Crippen molar-refractivity contribution in [2.24, 2.45) is 0 Å². The van der Waals surface area contributed by atoms with Crippen molar-refractivity contribution >= 4 is 27.1 Å². The zero-order valence-corrected chi connectivity index (χ0v) is 19.9. The Bertz CT molecular complexity index is 1220.